The van der Waals surface area contributed by atoms with Gasteiger partial charge in [-0.05, 0) is 0 Å². The summed E-state index contributed by atoms with van der Waals surface area (Å²) in [5.41, 5.74) is 0. The molecule has 0 atom stereocenters. The second-order valence-corrected chi connectivity index (χ2v) is 7.24. The van der Waals surface area contributed by atoms with E-state index in [1.165, 1.54) is 0 Å². The van der Waals surface area contributed by atoms with E-state index in [4.69, 9.17) is 18.4 Å². The summed E-state index contributed by atoms with van der Waals surface area (Å²) in [7, 11) is 6.53. The van der Waals surface area contributed by atoms with Crippen molar-refractivity contribution in [3.8, 4) is 0 Å². The van der Waals surface area contributed by atoms with E-state index in [1.807, 2.05) is 0 Å². The number of likely N-dealkylation sites (N-methyl/N-ethyl adjacent to an activating group) is 1. The summed E-state index contributed by atoms with van der Waals surface area (Å²) < 4.78 is 16.7. The first-order valence-corrected chi connectivity index (χ1v) is 6.97. The van der Waals surface area contributed by atoms with Gasteiger partial charge in [-0.3, -0.25) is 0 Å². The highest BCUT2D eigenvalue weighted by Crippen LogP contribution is 2.14. The molecule has 0 spiro atoms. The molecule has 0 heterocycles. The fourth-order valence-corrected chi connectivity index (χ4v) is 3.37. The minimum atomic E-state index is -2.45. The van der Waals surface area contributed by atoms with Crippen molar-refractivity contribution in [1.82, 2.24) is 0 Å². The summed E-state index contributed by atoms with van der Waals surface area (Å²) in [4.78, 5) is 0. The maximum atomic E-state index is 8.90. The average molecular weight is 274 g/mol. The van der Waals surface area contributed by atoms with Crippen molar-refractivity contribution in [2.24, 2.45) is 0 Å². The highest BCUT2D eigenvalue weighted by atomic mass is 35.5. The molecule has 0 saturated carbocycles. The monoisotopic (exact) mass is 273 g/mol. The van der Waals surface area contributed by atoms with Crippen molar-refractivity contribution < 1.29 is 35.3 Å². The van der Waals surface area contributed by atoms with Gasteiger partial charge in [-0.1, -0.05) is 0 Å². The van der Waals surface area contributed by atoms with Gasteiger partial charge in [0.25, 0.3) is 0 Å². The molecule has 100 valence electrons. The van der Waals surface area contributed by atoms with E-state index in [9.17, 15) is 0 Å². The van der Waals surface area contributed by atoms with Crippen LogP contribution in [0.2, 0.25) is 6.04 Å². The maximum Gasteiger partial charge on any atom is 0.505 e. The van der Waals surface area contributed by atoms with Gasteiger partial charge in [0.2, 0.25) is 0 Å². The third-order valence-corrected chi connectivity index (χ3v) is 5.36. The standard InChI is InChI=1S/C9H24NO4Si.ClH/c1-10(2,6-8-11)7-9-15(12-3,13-4)14-5;/h11H,6-9H2,1-5H3;1H/q+1;/p-1. The lowest BCUT2D eigenvalue weighted by Gasteiger charge is -2.32. The number of hydrogen-bond donors (Lipinski definition) is 1. The van der Waals surface area contributed by atoms with Gasteiger partial charge in [0.1, 0.15) is 6.54 Å². The van der Waals surface area contributed by atoms with Crippen LogP contribution < -0.4 is 12.4 Å². The summed E-state index contributed by atoms with van der Waals surface area (Å²) in [5.74, 6) is 0. The topological polar surface area (TPSA) is 47.9 Å². The first-order valence-electron chi connectivity index (χ1n) is 5.03. The summed E-state index contributed by atoms with van der Waals surface area (Å²) in [6.07, 6.45) is 0. The molecule has 0 aromatic heterocycles. The molecule has 0 amide bonds. The number of rotatable bonds is 8. The molecule has 0 rings (SSSR count). The Morgan fingerprint density at radius 3 is 1.75 bits per heavy atom. The summed E-state index contributed by atoms with van der Waals surface area (Å²) in [5, 5.41) is 8.90. The Balaban J connectivity index is 0. The van der Waals surface area contributed by atoms with Gasteiger partial charge in [-0.2, -0.15) is 0 Å². The molecule has 0 aliphatic rings. The zero-order chi connectivity index (χ0) is 11.9. The van der Waals surface area contributed by atoms with Crippen molar-refractivity contribution in [1.29, 1.82) is 0 Å². The normalized spacial score (nSPS) is 12.4. The van der Waals surface area contributed by atoms with Crippen molar-refractivity contribution in [3.63, 3.8) is 0 Å². The number of hydrogen-bond acceptors (Lipinski definition) is 4. The van der Waals surface area contributed by atoms with Gasteiger partial charge in [-0.15, -0.1) is 0 Å². The lowest BCUT2D eigenvalue weighted by atomic mass is 10.4. The Hall–Kier alpha value is 0.307. The molecule has 0 bridgehead atoms. The Bertz CT molecular complexity index is 171. The maximum absolute atomic E-state index is 8.90. The Labute approximate surface area is 106 Å². The molecule has 0 fully saturated rings. The smallest absolute Gasteiger partial charge is 0.505 e. The lowest BCUT2D eigenvalue weighted by Crippen LogP contribution is -3.00. The highest BCUT2D eigenvalue weighted by Gasteiger charge is 2.39. The van der Waals surface area contributed by atoms with Crippen molar-refractivity contribution >= 4 is 8.80 Å². The van der Waals surface area contributed by atoms with Gasteiger partial charge in [0.15, 0.2) is 0 Å². The van der Waals surface area contributed by atoms with Gasteiger partial charge in [-0.25, -0.2) is 0 Å². The van der Waals surface area contributed by atoms with Crippen molar-refractivity contribution in [2.75, 3.05) is 55.1 Å². The van der Waals surface area contributed by atoms with Gasteiger partial charge >= 0.3 is 8.80 Å². The SMILES string of the molecule is CO[Si](CC[N+](C)(C)CCO)(OC)OC.[Cl-]. The Kier molecular flexibility index (Phi) is 9.81. The van der Waals surface area contributed by atoms with Crippen LogP contribution in [0.15, 0.2) is 0 Å². The third kappa shape index (κ3) is 6.14. The Morgan fingerprint density at radius 1 is 1.00 bits per heavy atom. The predicted octanol–water partition coefficient (Wildman–Crippen LogP) is -3.06. The third-order valence-electron chi connectivity index (χ3n) is 2.66. The fraction of sp³-hybridized carbons (Fsp3) is 1.00. The molecule has 7 heteroatoms. The molecule has 1 N–H and O–H groups in total. The minimum Gasteiger partial charge on any atom is -1.00 e. The predicted molar refractivity (Wildman–Crippen MR) is 60.5 cm³/mol. The van der Waals surface area contributed by atoms with Gasteiger partial charge in [0, 0.05) is 21.3 Å². The number of aliphatic hydroxyl groups is 1. The van der Waals surface area contributed by atoms with E-state index < -0.39 is 8.80 Å². The first-order chi connectivity index (χ1) is 6.95. The zero-order valence-electron chi connectivity index (χ0n) is 10.8. The molecular formula is C9H24ClNO4Si. The van der Waals surface area contributed by atoms with Crippen LogP contribution in [0.5, 0.6) is 0 Å². The minimum absolute atomic E-state index is 0. The average Bonchev–Trinajstić information content (AvgIpc) is 2.21. The van der Waals surface area contributed by atoms with Crippen molar-refractivity contribution in [2.45, 2.75) is 6.04 Å². The largest absolute Gasteiger partial charge is 1.00 e. The molecule has 0 aromatic carbocycles. The molecule has 0 unspecified atom stereocenters. The van der Waals surface area contributed by atoms with Crippen LogP contribution in [0.4, 0.5) is 0 Å². The molecule has 0 saturated heterocycles. The zero-order valence-corrected chi connectivity index (χ0v) is 12.6. The first kappa shape index (κ1) is 18.7. The van der Waals surface area contributed by atoms with Crippen LogP contribution >= 0.6 is 0 Å². The van der Waals surface area contributed by atoms with Crippen LogP contribution in [0, 0.1) is 0 Å². The summed E-state index contributed by atoms with van der Waals surface area (Å²) in [6.45, 7) is 1.78. The van der Waals surface area contributed by atoms with E-state index in [2.05, 4.69) is 14.1 Å². The molecular weight excluding hydrogens is 250 g/mol. The molecule has 0 aliphatic heterocycles. The lowest BCUT2D eigenvalue weighted by molar-refractivity contribution is -0.888. The number of halogens is 1. The number of quaternary nitrogens is 1. The summed E-state index contributed by atoms with van der Waals surface area (Å²) >= 11 is 0. The van der Waals surface area contributed by atoms with Crippen molar-refractivity contribution in [3.05, 3.63) is 0 Å². The highest BCUT2D eigenvalue weighted by molar-refractivity contribution is 6.60. The molecule has 0 radical (unpaired) electrons. The van der Waals surface area contributed by atoms with Crippen LogP contribution in [-0.2, 0) is 13.3 Å². The van der Waals surface area contributed by atoms with Crippen LogP contribution in [0.3, 0.4) is 0 Å². The van der Waals surface area contributed by atoms with Crippen LogP contribution in [0.1, 0.15) is 0 Å². The number of nitrogens with zero attached hydrogens (tertiary/aromatic N) is 1. The molecule has 0 aromatic rings. The quantitative estimate of drug-likeness (QED) is 0.377. The summed E-state index contributed by atoms with van der Waals surface area (Å²) in [6, 6.07) is 0.753. The number of aliphatic hydroxyl groups excluding tert-OH is 1. The van der Waals surface area contributed by atoms with E-state index in [0.717, 1.165) is 23.6 Å². The van der Waals surface area contributed by atoms with E-state index in [-0.39, 0.29) is 19.0 Å². The second kappa shape index (κ2) is 8.41. The molecule has 0 aliphatic carbocycles. The van der Waals surface area contributed by atoms with Gasteiger partial charge in [0.05, 0.1) is 33.3 Å². The van der Waals surface area contributed by atoms with E-state index in [0.29, 0.717) is 0 Å². The molecule has 16 heavy (non-hydrogen) atoms. The Morgan fingerprint density at radius 2 is 1.44 bits per heavy atom. The van der Waals surface area contributed by atoms with Gasteiger partial charge < -0.3 is 35.3 Å². The van der Waals surface area contributed by atoms with E-state index in [1.54, 1.807) is 21.3 Å². The van der Waals surface area contributed by atoms with Crippen LogP contribution in [-0.4, -0.2) is 73.5 Å². The fourth-order valence-electron chi connectivity index (χ4n) is 1.38. The van der Waals surface area contributed by atoms with Crippen LogP contribution in [0.25, 0.3) is 0 Å². The second-order valence-electron chi connectivity index (χ2n) is 4.15. The van der Waals surface area contributed by atoms with E-state index >= 15 is 0 Å². The molecule has 5 nitrogen and oxygen atoms in total.